The molecule has 0 aliphatic heterocycles. The van der Waals surface area contributed by atoms with Crippen molar-refractivity contribution in [1.29, 1.82) is 0 Å². The first-order valence-electron chi connectivity index (χ1n) is 7.53. The second-order valence-corrected chi connectivity index (χ2v) is 5.57. The number of H-pyrrole nitrogens is 1. The molecule has 3 aromatic rings. The number of fused-ring (bicyclic) bond motifs is 1. The molecule has 0 unspecified atom stereocenters. The number of carbonyl (C=O) groups is 1. The molecule has 0 spiro atoms. The predicted molar refractivity (Wildman–Crippen MR) is 88.2 cm³/mol. The number of rotatable bonds is 5. The zero-order chi connectivity index (χ0) is 16.2. The van der Waals surface area contributed by atoms with Crippen LogP contribution in [0.25, 0.3) is 10.9 Å². The van der Waals surface area contributed by atoms with Crippen molar-refractivity contribution in [2.24, 2.45) is 0 Å². The number of amides is 1. The highest BCUT2D eigenvalue weighted by atomic mass is 16.3. The van der Waals surface area contributed by atoms with E-state index in [1.54, 1.807) is 18.4 Å². The van der Waals surface area contributed by atoms with Gasteiger partial charge in [0, 0.05) is 17.5 Å². The summed E-state index contributed by atoms with van der Waals surface area (Å²) in [6.07, 6.45) is 2.24. The maximum Gasteiger partial charge on any atom is 0.251 e. The van der Waals surface area contributed by atoms with Crippen molar-refractivity contribution in [3.8, 4) is 0 Å². The van der Waals surface area contributed by atoms with E-state index in [0.717, 1.165) is 16.5 Å². The molecule has 3 rings (SSSR count). The Kier molecular flexibility index (Phi) is 4.28. The molecule has 2 N–H and O–H groups in total. The summed E-state index contributed by atoms with van der Waals surface area (Å²) in [5.41, 5.74) is 2.43. The van der Waals surface area contributed by atoms with Crippen molar-refractivity contribution in [2.75, 3.05) is 0 Å². The third-order valence-electron chi connectivity index (χ3n) is 3.74. The Bertz CT molecular complexity index is 879. The SMILES string of the molecule is Cc1ccc2[nH]c(=O)c(CCC(=O)NCc3ccco3)cc2c1. The molecule has 5 nitrogen and oxygen atoms in total. The van der Waals surface area contributed by atoms with Gasteiger partial charge in [0.1, 0.15) is 5.76 Å². The van der Waals surface area contributed by atoms with E-state index in [4.69, 9.17) is 4.42 Å². The molecule has 0 bridgehead atoms. The van der Waals surface area contributed by atoms with Gasteiger partial charge in [0.05, 0.1) is 12.8 Å². The predicted octanol–water partition coefficient (Wildman–Crippen LogP) is 2.68. The van der Waals surface area contributed by atoms with Crippen molar-refractivity contribution in [1.82, 2.24) is 10.3 Å². The average molecular weight is 310 g/mol. The number of nitrogens with one attached hydrogen (secondary N) is 2. The Balaban J connectivity index is 1.65. The summed E-state index contributed by atoms with van der Waals surface area (Å²) in [4.78, 5) is 26.8. The van der Waals surface area contributed by atoms with E-state index in [1.165, 1.54) is 0 Å². The molecule has 0 radical (unpaired) electrons. The van der Waals surface area contributed by atoms with Gasteiger partial charge in [-0.1, -0.05) is 11.6 Å². The van der Waals surface area contributed by atoms with E-state index in [2.05, 4.69) is 10.3 Å². The minimum Gasteiger partial charge on any atom is -0.467 e. The quantitative estimate of drug-likeness (QED) is 0.761. The number of benzene rings is 1. The first-order valence-corrected chi connectivity index (χ1v) is 7.53. The fourth-order valence-corrected chi connectivity index (χ4v) is 2.49. The standard InChI is InChI=1S/C18H18N2O3/c1-12-4-6-16-14(9-12)10-13(18(22)20-16)5-7-17(21)19-11-15-3-2-8-23-15/h2-4,6,8-10H,5,7,11H2,1H3,(H,19,21)(H,20,22). The molecule has 2 aromatic heterocycles. The molecule has 118 valence electrons. The zero-order valence-electron chi connectivity index (χ0n) is 12.9. The lowest BCUT2D eigenvalue weighted by molar-refractivity contribution is -0.121. The van der Waals surface area contributed by atoms with Crippen LogP contribution in [0.15, 0.2) is 51.9 Å². The van der Waals surface area contributed by atoms with E-state index in [0.29, 0.717) is 24.3 Å². The number of aromatic nitrogens is 1. The first kappa shape index (κ1) is 15.1. The van der Waals surface area contributed by atoms with E-state index in [9.17, 15) is 9.59 Å². The van der Waals surface area contributed by atoms with Gasteiger partial charge in [-0.2, -0.15) is 0 Å². The second-order valence-electron chi connectivity index (χ2n) is 5.57. The lowest BCUT2D eigenvalue weighted by Crippen LogP contribution is -2.24. The van der Waals surface area contributed by atoms with Gasteiger partial charge < -0.3 is 14.7 Å². The molecule has 0 atom stereocenters. The van der Waals surface area contributed by atoms with Crippen LogP contribution in [0.5, 0.6) is 0 Å². The third-order valence-corrected chi connectivity index (χ3v) is 3.74. The summed E-state index contributed by atoms with van der Waals surface area (Å²) in [6, 6.07) is 11.3. The van der Waals surface area contributed by atoms with Crippen LogP contribution in [-0.4, -0.2) is 10.9 Å². The topological polar surface area (TPSA) is 75.1 Å². The smallest absolute Gasteiger partial charge is 0.251 e. The van der Waals surface area contributed by atoms with E-state index >= 15 is 0 Å². The van der Waals surface area contributed by atoms with Gasteiger partial charge in [-0.15, -0.1) is 0 Å². The number of hydrogen-bond donors (Lipinski definition) is 2. The summed E-state index contributed by atoms with van der Waals surface area (Å²) < 4.78 is 5.16. The van der Waals surface area contributed by atoms with E-state index in [-0.39, 0.29) is 17.9 Å². The van der Waals surface area contributed by atoms with E-state index < -0.39 is 0 Å². The lowest BCUT2D eigenvalue weighted by Gasteiger charge is -2.05. The number of aryl methyl sites for hydroxylation is 2. The van der Waals surface area contributed by atoms with Gasteiger partial charge in [-0.3, -0.25) is 9.59 Å². The summed E-state index contributed by atoms with van der Waals surface area (Å²) in [7, 11) is 0. The highest BCUT2D eigenvalue weighted by molar-refractivity contribution is 5.80. The number of hydrogen-bond acceptors (Lipinski definition) is 3. The van der Waals surface area contributed by atoms with Crippen molar-refractivity contribution in [3.63, 3.8) is 0 Å². The molecule has 2 heterocycles. The number of pyridine rings is 1. The molecule has 23 heavy (non-hydrogen) atoms. The van der Waals surface area contributed by atoms with Gasteiger partial charge in [0.2, 0.25) is 5.91 Å². The van der Waals surface area contributed by atoms with Gasteiger partial charge >= 0.3 is 0 Å². The lowest BCUT2D eigenvalue weighted by atomic mass is 10.1. The number of furan rings is 1. The Hall–Kier alpha value is -2.82. The Labute approximate surface area is 133 Å². The van der Waals surface area contributed by atoms with Crippen LogP contribution in [0.2, 0.25) is 0 Å². The second kappa shape index (κ2) is 6.52. The minimum atomic E-state index is -0.139. The molecule has 0 saturated carbocycles. The minimum absolute atomic E-state index is 0.106. The number of aromatic amines is 1. The summed E-state index contributed by atoms with van der Waals surface area (Å²) in [5, 5.41) is 3.76. The first-order chi connectivity index (χ1) is 11.1. The molecular formula is C18H18N2O3. The van der Waals surface area contributed by atoms with Crippen molar-refractivity contribution in [3.05, 3.63) is 69.9 Å². The van der Waals surface area contributed by atoms with Crippen LogP contribution >= 0.6 is 0 Å². The molecular weight excluding hydrogens is 292 g/mol. The fourth-order valence-electron chi connectivity index (χ4n) is 2.49. The Morgan fingerprint density at radius 2 is 2.13 bits per heavy atom. The fraction of sp³-hybridized carbons (Fsp3) is 0.222. The Morgan fingerprint density at radius 1 is 1.26 bits per heavy atom. The summed E-state index contributed by atoms with van der Waals surface area (Å²) in [5.74, 6) is 0.600. The molecule has 5 heteroatoms. The molecule has 1 amide bonds. The van der Waals surface area contributed by atoms with E-state index in [1.807, 2.05) is 31.2 Å². The highest BCUT2D eigenvalue weighted by Crippen LogP contribution is 2.13. The zero-order valence-corrected chi connectivity index (χ0v) is 12.9. The highest BCUT2D eigenvalue weighted by Gasteiger charge is 2.07. The van der Waals surface area contributed by atoms with Crippen LogP contribution in [0, 0.1) is 6.92 Å². The molecule has 0 aliphatic rings. The van der Waals surface area contributed by atoms with Gasteiger partial charge in [0.25, 0.3) is 5.56 Å². The van der Waals surface area contributed by atoms with Crippen LogP contribution in [0.1, 0.15) is 23.3 Å². The molecule has 0 aliphatic carbocycles. The normalized spacial score (nSPS) is 10.8. The molecule has 0 saturated heterocycles. The van der Waals surface area contributed by atoms with Gasteiger partial charge in [0.15, 0.2) is 0 Å². The van der Waals surface area contributed by atoms with Crippen LogP contribution in [-0.2, 0) is 17.8 Å². The maximum absolute atomic E-state index is 12.1. The number of carbonyl (C=O) groups excluding carboxylic acids is 1. The summed E-state index contributed by atoms with van der Waals surface area (Å²) in [6.45, 7) is 2.37. The average Bonchev–Trinajstić information content (AvgIpc) is 3.04. The van der Waals surface area contributed by atoms with Crippen LogP contribution in [0.3, 0.4) is 0 Å². The third kappa shape index (κ3) is 3.69. The maximum atomic E-state index is 12.1. The monoisotopic (exact) mass is 310 g/mol. The Morgan fingerprint density at radius 3 is 2.91 bits per heavy atom. The van der Waals surface area contributed by atoms with Gasteiger partial charge in [-0.25, -0.2) is 0 Å². The van der Waals surface area contributed by atoms with Crippen LogP contribution < -0.4 is 10.9 Å². The van der Waals surface area contributed by atoms with Crippen molar-refractivity contribution >= 4 is 16.8 Å². The molecule has 0 fully saturated rings. The van der Waals surface area contributed by atoms with Crippen molar-refractivity contribution in [2.45, 2.75) is 26.3 Å². The van der Waals surface area contributed by atoms with Crippen molar-refractivity contribution < 1.29 is 9.21 Å². The summed E-state index contributed by atoms with van der Waals surface area (Å²) >= 11 is 0. The van der Waals surface area contributed by atoms with Gasteiger partial charge in [-0.05, 0) is 49.1 Å². The van der Waals surface area contributed by atoms with Crippen LogP contribution in [0.4, 0.5) is 0 Å². The largest absolute Gasteiger partial charge is 0.467 e. The molecule has 1 aromatic carbocycles.